The molecule has 0 unspecified atom stereocenters. The van der Waals surface area contributed by atoms with Crippen molar-refractivity contribution in [1.29, 1.82) is 0 Å². The first-order valence-electron chi connectivity index (χ1n) is 13.3. The Labute approximate surface area is 249 Å². The Kier molecular flexibility index (Phi) is 8.98. The van der Waals surface area contributed by atoms with Gasteiger partial charge in [-0.25, -0.2) is 13.8 Å². The minimum atomic E-state index is -0.842. The molecule has 13 heteroatoms. The fourth-order valence-corrected chi connectivity index (χ4v) is 4.67. The van der Waals surface area contributed by atoms with Crippen molar-refractivity contribution < 1.29 is 27.8 Å². The fraction of sp³-hybridized carbons (Fsp3) is 0.200. The van der Waals surface area contributed by atoms with E-state index in [4.69, 9.17) is 26.8 Å². The number of benzene rings is 2. The summed E-state index contributed by atoms with van der Waals surface area (Å²) in [5.74, 6) is -2.91. The van der Waals surface area contributed by atoms with Crippen molar-refractivity contribution in [3.63, 3.8) is 0 Å². The molecule has 1 aliphatic heterocycles. The maximum atomic E-state index is 14.9. The number of nitrogens with two attached hydrogens (primary N) is 1. The van der Waals surface area contributed by atoms with Crippen molar-refractivity contribution >= 4 is 35.0 Å². The average molecular weight is 610 g/mol. The van der Waals surface area contributed by atoms with Gasteiger partial charge in [0.05, 0.1) is 5.92 Å². The standard InChI is InChI=1S/C30H26ClF2N5O5/c31-26-25(9-12-36-28(26)34)43-24-6-5-20(13-23(24)33)37-29(40)22-15-38(16-42-30(41)18-7-10-35-11-8-18)14-21(27(22)39)17-1-3-19(32)4-2-17/h1-6,9,12-15,18,35H,7-8,10-11,16H2,(H2,34,36)(H,37,40). The summed E-state index contributed by atoms with van der Waals surface area (Å²) >= 11 is 6.06. The highest BCUT2D eigenvalue weighted by molar-refractivity contribution is 6.34. The summed E-state index contributed by atoms with van der Waals surface area (Å²) in [4.78, 5) is 43.1. The maximum absolute atomic E-state index is 14.9. The second kappa shape index (κ2) is 13.0. The number of halogens is 3. The lowest BCUT2D eigenvalue weighted by molar-refractivity contribution is -0.153. The van der Waals surface area contributed by atoms with Crippen molar-refractivity contribution in [1.82, 2.24) is 14.9 Å². The van der Waals surface area contributed by atoms with Crippen LogP contribution in [0.4, 0.5) is 20.3 Å². The van der Waals surface area contributed by atoms with Gasteiger partial charge in [0.15, 0.2) is 24.0 Å². The lowest BCUT2D eigenvalue weighted by atomic mass is 9.99. The van der Waals surface area contributed by atoms with E-state index >= 15 is 0 Å². The summed E-state index contributed by atoms with van der Waals surface area (Å²) < 4.78 is 40.8. The minimum Gasteiger partial charge on any atom is -0.453 e. The van der Waals surface area contributed by atoms with Crippen LogP contribution >= 0.6 is 11.6 Å². The predicted molar refractivity (Wildman–Crippen MR) is 156 cm³/mol. The van der Waals surface area contributed by atoms with E-state index in [0.29, 0.717) is 31.5 Å². The van der Waals surface area contributed by atoms with Crippen LogP contribution in [0.15, 0.2) is 71.9 Å². The number of esters is 1. The topological polar surface area (TPSA) is 138 Å². The minimum absolute atomic E-state index is 0.0121. The van der Waals surface area contributed by atoms with Crippen molar-refractivity contribution in [3.8, 4) is 22.6 Å². The molecule has 3 heterocycles. The highest BCUT2D eigenvalue weighted by atomic mass is 35.5. The molecule has 4 N–H and O–H groups in total. The first-order chi connectivity index (χ1) is 20.7. The van der Waals surface area contributed by atoms with Crippen LogP contribution in [0.1, 0.15) is 23.2 Å². The molecule has 222 valence electrons. The molecule has 4 aromatic rings. The van der Waals surface area contributed by atoms with Gasteiger partial charge in [-0.1, -0.05) is 23.7 Å². The summed E-state index contributed by atoms with van der Waals surface area (Å²) in [6, 6.07) is 10.2. The highest BCUT2D eigenvalue weighted by Crippen LogP contribution is 2.34. The molecule has 2 aromatic carbocycles. The van der Waals surface area contributed by atoms with Crippen LogP contribution in [0, 0.1) is 17.6 Å². The van der Waals surface area contributed by atoms with E-state index in [1.807, 2.05) is 0 Å². The van der Waals surface area contributed by atoms with E-state index in [1.165, 1.54) is 65.6 Å². The Hall–Kier alpha value is -4.81. The van der Waals surface area contributed by atoms with Gasteiger partial charge >= 0.3 is 5.97 Å². The number of pyridine rings is 2. The molecule has 1 fully saturated rings. The van der Waals surface area contributed by atoms with E-state index in [2.05, 4.69) is 15.6 Å². The number of carbonyl (C=O) groups excluding carboxylic acids is 2. The van der Waals surface area contributed by atoms with Gasteiger partial charge in [-0.05, 0) is 55.8 Å². The fourth-order valence-electron chi connectivity index (χ4n) is 4.51. The smallest absolute Gasteiger partial charge is 0.310 e. The summed E-state index contributed by atoms with van der Waals surface area (Å²) in [5, 5.41) is 5.70. The van der Waals surface area contributed by atoms with E-state index < -0.39 is 23.0 Å². The Morgan fingerprint density at radius 1 is 1.07 bits per heavy atom. The lowest BCUT2D eigenvalue weighted by Gasteiger charge is -2.21. The molecule has 1 aliphatic rings. The third-order valence-corrected chi connectivity index (χ3v) is 7.18. The van der Waals surface area contributed by atoms with Gasteiger partial charge in [-0.15, -0.1) is 0 Å². The first kappa shape index (κ1) is 29.7. The van der Waals surface area contributed by atoms with Crippen molar-refractivity contribution in [3.05, 3.63) is 99.6 Å². The molecule has 1 amide bonds. The number of nitrogens with zero attached hydrogens (tertiary/aromatic N) is 2. The summed E-state index contributed by atoms with van der Waals surface area (Å²) in [6.07, 6.45) is 5.29. The molecule has 0 aliphatic carbocycles. The van der Waals surface area contributed by atoms with Crippen molar-refractivity contribution in [2.75, 3.05) is 24.1 Å². The largest absolute Gasteiger partial charge is 0.453 e. The monoisotopic (exact) mass is 609 g/mol. The number of aromatic nitrogens is 2. The summed E-state index contributed by atoms with van der Waals surface area (Å²) in [7, 11) is 0. The highest BCUT2D eigenvalue weighted by Gasteiger charge is 2.23. The molecule has 1 saturated heterocycles. The van der Waals surface area contributed by atoms with Crippen LogP contribution in [-0.2, 0) is 16.3 Å². The zero-order valence-electron chi connectivity index (χ0n) is 22.6. The van der Waals surface area contributed by atoms with Gasteiger partial charge in [0.2, 0.25) is 5.43 Å². The lowest BCUT2D eigenvalue weighted by Crippen LogP contribution is -2.33. The number of hydrogen-bond donors (Lipinski definition) is 3. The number of piperidine rings is 1. The first-order valence-corrected chi connectivity index (χ1v) is 13.6. The molecule has 0 bridgehead atoms. The molecule has 0 spiro atoms. The number of hydrogen-bond acceptors (Lipinski definition) is 8. The van der Waals surface area contributed by atoms with Gasteiger partial charge in [0.25, 0.3) is 5.91 Å². The molecule has 10 nitrogen and oxygen atoms in total. The third-order valence-electron chi connectivity index (χ3n) is 6.80. The Morgan fingerprint density at radius 2 is 1.81 bits per heavy atom. The molecular weight excluding hydrogens is 584 g/mol. The quantitative estimate of drug-likeness (QED) is 0.238. The zero-order valence-corrected chi connectivity index (χ0v) is 23.4. The third kappa shape index (κ3) is 6.99. The van der Waals surface area contributed by atoms with E-state index in [9.17, 15) is 23.2 Å². The summed E-state index contributed by atoms with van der Waals surface area (Å²) in [5.41, 5.74) is 5.15. The van der Waals surface area contributed by atoms with Crippen LogP contribution in [-0.4, -0.2) is 34.5 Å². The average Bonchev–Trinajstić information content (AvgIpc) is 3.01. The normalized spacial score (nSPS) is 13.4. The van der Waals surface area contributed by atoms with Gasteiger partial charge in [-0.2, -0.15) is 0 Å². The van der Waals surface area contributed by atoms with Gasteiger partial charge < -0.3 is 30.4 Å². The molecule has 0 radical (unpaired) electrons. The van der Waals surface area contributed by atoms with E-state index in [0.717, 1.165) is 6.07 Å². The Morgan fingerprint density at radius 3 is 2.53 bits per heavy atom. The maximum Gasteiger partial charge on any atom is 0.310 e. The predicted octanol–water partition coefficient (Wildman–Crippen LogP) is 4.97. The van der Waals surface area contributed by atoms with Gasteiger partial charge in [0.1, 0.15) is 22.2 Å². The Balaban J connectivity index is 1.39. The number of nitrogens with one attached hydrogen (secondary N) is 2. The van der Waals surface area contributed by atoms with E-state index in [1.54, 1.807) is 0 Å². The van der Waals surface area contributed by atoms with Crippen LogP contribution in [0.25, 0.3) is 11.1 Å². The van der Waals surface area contributed by atoms with Crippen LogP contribution in [0.2, 0.25) is 5.02 Å². The number of anilines is 2. The number of ether oxygens (including phenoxy) is 2. The zero-order chi connectivity index (χ0) is 30.5. The van der Waals surface area contributed by atoms with Crippen molar-refractivity contribution in [2.24, 2.45) is 5.92 Å². The SMILES string of the molecule is Nc1nccc(Oc2ccc(NC(=O)c3cn(COC(=O)C4CCNCC4)cc(-c4ccc(F)cc4)c3=O)cc2F)c1Cl. The molecular formula is C30H26ClF2N5O5. The van der Waals surface area contributed by atoms with Crippen LogP contribution < -0.4 is 26.5 Å². The Bertz CT molecular complexity index is 1730. The van der Waals surface area contributed by atoms with Crippen LogP contribution in [0.5, 0.6) is 11.5 Å². The second-order valence-corrected chi connectivity index (χ2v) is 10.1. The van der Waals surface area contributed by atoms with Gasteiger partial charge in [-0.3, -0.25) is 14.4 Å². The summed E-state index contributed by atoms with van der Waals surface area (Å²) in [6.45, 7) is 1.15. The van der Waals surface area contributed by atoms with E-state index in [-0.39, 0.29) is 57.8 Å². The molecule has 0 saturated carbocycles. The molecule has 2 aromatic heterocycles. The van der Waals surface area contributed by atoms with Gasteiger partial charge in [0, 0.05) is 42.0 Å². The molecule has 0 atom stereocenters. The number of carbonyl (C=O) groups is 2. The molecule has 5 rings (SSSR count). The van der Waals surface area contributed by atoms with Crippen LogP contribution in [0.3, 0.4) is 0 Å². The number of nitrogen functional groups attached to an aromatic ring is 1. The number of amides is 1. The number of rotatable bonds is 8. The second-order valence-electron chi connectivity index (χ2n) is 9.76. The van der Waals surface area contributed by atoms with Crippen molar-refractivity contribution in [2.45, 2.75) is 19.6 Å². The molecule has 43 heavy (non-hydrogen) atoms.